The van der Waals surface area contributed by atoms with E-state index in [4.69, 9.17) is 15.9 Å². The minimum absolute atomic E-state index is 0.0629. The summed E-state index contributed by atoms with van der Waals surface area (Å²) >= 11 is 0. The molecule has 2 rings (SSSR count). The van der Waals surface area contributed by atoms with Crippen molar-refractivity contribution in [3.63, 3.8) is 0 Å². The van der Waals surface area contributed by atoms with Crippen molar-refractivity contribution in [2.45, 2.75) is 12.8 Å². The smallest absolute Gasteiger partial charge is 0.223 e. The summed E-state index contributed by atoms with van der Waals surface area (Å²) < 4.78 is 10.5. The maximum Gasteiger partial charge on any atom is 0.223 e. The van der Waals surface area contributed by atoms with E-state index in [2.05, 4.69) is 5.92 Å². The first kappa shape index (κ1) is 14.3. The molecule has 1 fully saturated rings. The molecule has 4 nitrogen and oxygen atoms in total. The van der Waals surface area contributed by atoms with E-state index in [1.54, 1.807) is 14.2 Å². The summed E-state index contributed by atoms with van der Waals surface area (Å²) in [7, 11) is 3.23. The third kappa shape index (κ3) is 3.05. The fourth-order valence-electron chi connectivity index (χ4n) is 2.40. The first-order valence-corrected chi connectivity index (χ1v) is 6.62. The highest BCUT2D eigenvalue weighted by Gasteiger charge is 2.27. The summed E-state index contributed by atoms with van der Waals surface area (Å²) in [6.07, 6.45) is 6.63. The Morgan fingerprint density at radius 3 is 2.70 bits per heavy atom. The van der Waals surface area contributed by atoms with Gasteiger partial charge in [0.05, 0.1) is 14.2 Å². The van der Waals surface area contributed by atoms with Gasteiger partial charge >= 0.3 is 0 Å². The van der Waals surface area contributed by atoms with Crippen LogP contribution in [-0.2, 0) is 11.2 Å². The van der Waals surface area contributed by atoms with Crippen LogP contribution >= 0.6 is 0 Å². The molecule has 1 heterocycles. The Hall–Kier alpha value is -2.15. The number of hydrogen-bond donors (Lipinski definition) is 0. The molecule has 1 amide bonds. The molecule has 1 aliphatic heterocycles. The van der Waals surface area contributed by atoms with Crippen molar-refractivity contribution in [2.24, 2.45) is 5.92 Å². The highest BCUT2D eigenvalue weighted by atomic mass is 16.5. The Balaban J connectivity index is 1.98. The monoisotopic (exact) mass is 273 g/mol. The minimum Gasteiger partial charge on any atom is -0.493 e. The molecule has 1 atom stereocenters. The van der Waals surface area contributed by atoms with Gasteiger partial charge in [0.15, 0.2) is 11.5 Å². The predicted molar refractivity (Wildman–Crippen MR) is 76.8 cm³/mol. The van der Waals surface area contributed by atoms with Crippen LogP contribution in [0.2, 0.25) is 0 Å². The number of methoxy groups -OCH3 is 2. The van der Waals surface area contributed by atoms with Crippen LogP contribution < -0.4 is 9.47 Å². The van der Waals surface area contributed by atoms with E-state index in [1.807, 2.05) is 23.1 Å². The highest BCUT2D eigenvalue weighted by molar-refractivity contribution is 5.79. The Morgan fingerprint density at radius 2 is 2.10 bits per heavy atom. The Morgan fingerprint density at radius 1 is 1.35 bits per heavy atom. The molecule has 0 aromatic heterocycles. The molecule has 0 saturated carbocycles. The zero-order valence-electron chi connectivity index (χ0n) is 11.9. The molecule has 0 radical (unpaired) electrons. The van der Waals surface area contributed by atoms with Crippen molar-refractivity contribution in [1.29, 1.82) is 0 Å². The van der Waals surface area contributed by atoms with Gasteiger partial charge in [-0.1, -0.05) is 6.07 Å². The van der Waals surface area contributed by atoms with E-state index in [0.717, 1.165) is 12.0 Å². The number of rotatable bonds is 5. The van der Waals surface area contributed by atoms with Crippen LogP contribution in [-0.4, -0.2) is 38.1 Å². The summed E-state index contributed by atoms with van der Waals surface area (Å²) in [6, 6.07) is 5.81. The zero-order chi connectivity index (χ0) is 14.5. The van der Waals surface area contributed by atoms with E-state index < -0.39 is 0 Å². The Kier molecular flexibility index (Phi) is 4.52. The summed E-state index contributed by atoms with van der Waals surface area (Å²) in [5.74, 6) is 4.28. The number of ether oxygens (including phenoxy) is 2. The van der Waals surface area contributed by atoms with Crippen LogP contribution in [0.3, 0.4) is 0 Å². The van der Waals surface area contributed by atoms with Crippen LogP contribution in [0.25, 0.3) is 0 Å². The van der Waals surface area contributed by atoms with E-state index in [-0.39, 0.29) is 11.8 Å². The zero-order valence-corrected chi connectivity index (χ0v) is 11.9. The lowest BCUT2D eigenvalue weighted by atomic mass is 10.1. The highest BCUT2D eigenvalue weighted by Crippen LogP contribution is 2.28. The van der Waals surface area contributed by atoms with E-state index in [9.17, 15) is 4.79 Å². The van der Waals surface area contributed by atoms with Gasteiger partial charge in [-0.15, -0.1) is 12.3 Å². The lowest BCUT2D eigenvalue weighted by Gasteiger charge is -2.16. The number of terminal acetylenes is 1. The number of likely N-dealkylation sites (tertiary alicyclic amines) is 1. The van der Waals surface area contributed by atoms with Crippen LogP contribution in [0.5, 0.6) is 11.5 Å². The lowest BCUT2D eigenvalue weighted by molar-refractivity contribution is -0.127. The third-order valence-electron chi connectivity index (χ3n) is 3.57. The Bertz CT molecular complexity index is 533. The normalized spacial score (nSPS) is 17.9. The van der Waals surface area contributed by atoms with Crippen LogP contribution in [0.1, 0.15) is 12.0 Å². The van der Waals surface area contributed by atoms with Gasteiger partial charge in [0, 0.05) is 25.4 Å². The molecule has 1 unspecified atom stereocenters. The van der Waals surface area contributed by atoms with Crippen LogP contribution in [0.4, 0.5) is 0 Å². The van der Waals surface area contributed by atoms with Gasteiger partial charge in [0.1, 0.15) is 0 Å². The molecule has 0 N–H and O–H groups in total. The number of amides is 1. The van der Waals surface area contributed by atoms with Gasteiger partial charge in [-0.25, -0.2) is 0 Å². The molecular formula is C16H19NO3. The molecule has 0 spiro atoms. The Labute approximate surface area is 119 Å². The molecule has 1 aromatic rings. The molecule has 1 aliphatic rings. The second kappa shape index (κ2) is 6.33. The molecule has 1 saturated heterocycles. The third-order valence-corrected chi connectivity index (χ3v) is 3.57. The summed E-state index contributed by atoms with van der Waals surface area (Å²) in [5.41, 5.74) is 1.11. The maximum absolute atomic E-state index is 11.8. The van der Waals surface area contributed by atoms with Crippen molar-refractivity contribution >= 4 is 5.91 Å². The van der Waals surface area contributed by atoms with Crippen LogP contribution in [0, 0.1) is 18.3 Å². The number of hydrogen-bond acceptors (Lipinski definition) is 3. The fraction of sp³-hybridized carbons (Fsp3) is 0.438. The first-order valence-electron chi connectivity index (χ1n) is 6.62. The van der Waals surface area contributed by atoms with Crippen molar-refractivity contribution in [3.05, 3.63) is 23.8 Å². The second-order valence-electron chi connectivity index (χ2n) is 4.85. The van der Waals surface area contributed by atoms with Gasteiger partial charge < -0.3 is 14.4 Å². The van der Waals surface area contributed by atoms with Crippen LogP contribution in [0.15, 0.2) is 18.2 Å². The van der Waals surface area contributed by atoms with Gasteiger partial charge in [0.2, 0.25) is 5.91 Å². The number of benzene rings is 1. The second-order valence-corrected chi connectivity index (χ2v) is 4.85. The van der Waals surface area contributed by atoms with Gasteiger partial charge in [-0.05, 0) is 24.1 Å². The van der Waals surface area contributed by atoms with E-state index in [0.29, 0.717) is 31.0 Å². The summed E-state index contributed by atoms with van der Waals surface area (Å²) in [5, 5.41) is 0. The summed E-state index contributed by atoms with van der Waals surface area (Å²) in [4.78, 5) is 13.6. The number of carbonyl (C=O) groups is 1. The SMILES string of the molecule is C#CC1CC(=O)N(CCc2ccc(OC)c(OC)c2)C1. The van der Waals surface area contributed by atoms with Crippen molar-refractivity contribution in [1.82, 2.24) is 4.90 Å². The predicted octanol–water partition coefficient (Wildman–Crippen LogP) is 1.73. The van der Waals surface area contributed by atoms with Gasteiger partial charge in [0.25, 0.3) is 0 Å². The number of carbonyl (C=O) groups excluding carboxylic acids is 1. The molecule has 106 valence electrons. The largest absolute Gasteiger partial charge is 0.493 e. The molecule has 0 aliphatic carbocycles. The van der Waals surface area contributed by atoms with Crippen molar-refractivity contribution in [3.8, 4) is 23.8 Å². The molecule has 1 aromatic carbocycles. The number of nitrogens with zero attached hydrogens (tertiary/aromatic N) is 1. The van der Waals surface area contributed by atoms with Gasteiger partial charge in [-0.2, -0.15) is 0 Å². The van der Waals surface area contributed by atoms with Gasteiger partial charge in [-0.3, -0.25) is 4.79 Å². The molecule has 0 bridgehead atoms. The fourth-order valence-corrected chi connectivity index (χ4v) is 2.40. The first-order chi connectivity index (χ1) is 9.67. The topological polar surface area (TPSA) is 38.8 Å². The van der Waals surface area contributed by atoms with E-state index >= 15 is 0 Å². The van der Waals surface area contributed by atoms with E-state index in [1.165, 1.54) is 0 Å². The summed E-state index contributed by atoms with van der Waals surface area (Å²) in [6.45, 7) is 1.36. The average molecular weight is 273 g/mol. The molecule has 20 heavy (non-hydrogen) atoms. The molecule has 4 heteroatoms. The molecular weight excluding hydrogens is 254 g/mol. The standard InChI is InChI=1S/C16H19NO3/c1-4-12-10-16(18)17(11-12)8-7-13-5-6-14(19-2)15(9-13)20-3/h1,5-6,9,12H,7-8,10-11H2,2-3H3. The average Bonchev–Trinajstić information content (AvgIpc) is 2.85. The minimum atomic E-state index is 0.0629. The quantitative estimate of drug-likeness (QED) is 0.767. The lowest BCUT2D eigenvalue weighted by Crippen LogP contribution is -2.27. The van der Waals surface area contributed by atoms with Crippen molar-refractivity contribution in [2.75, 3.05) is 27.3 Å². The maximum atomic E-state index is 11.8. The van der Waals surface area contributed by atoms with Crippen molar-refractivity contribution < 1.29 is 14.3 Å².